The minimum absolute atomic E-state index is 0.522. The fourth-order valence-electron chi connectivity index (χ4n) is 1.94. The summed E-state index contributed by atoms with van der Waals surface area (Å²) in [5.41, 5.74) is -3.50. The SMILES string of the molecule is COC(=O)/C=C(C(=O)OC)/C(C(=O)OC)=C(C(=O)OC)\C(=C\C(=O)OC)C(=O)OC. The molecule has 0 spiro atoms. The summed E-state index contributed by atoms with van der Waals surface area (Å²) in [4.78, 5) is 73.0. The van der Waals surface area contributed by atoms with E-state index in [-0.39, 0.29) is 0 Å². The molecule has 0 radical (unpaired) electrons. The Hall–Kier alpha value is -3.96. The normalized spacial score (nSPS) is 12.1. The van der Waals surface area contributed by atoms with Crippen molar-refractivity contribution < 1.29 is 57.2 Å². The van der Waals surface area contributed by atoms with Crippen molar-refractivity contribution in [3.05, 3.63) is 34.4 Å². The van der Waals surface area contributed by atoms with Crippen molar-refractivity contribution in [2.75, 3.05) is 42.7 Å². The van der Waals surface area contributed by atoms with Crippen LogP contribution in [0.3, 0.4) is 0 Å². The van der Waals surface area contributed by atoms with Crippen LogP contribution in [0.1, 0.15) is 0 Å². The molecule has 0 rings (SSSR count). The summed E-state index contributed by atoms with van der Waals surface area (Å²) in [6, 6.07) is 0. The maximum atomic E-state index is 12.5. The Morgan fingerprint density at radius 3 is 0.900 bits per heavy atom. The zero-order chi connectivity index (χ0) is 23.4. The van der Waals surface area contributed by atoms with Crippen molar-refractivity contribution in [3.63, 3.8) is 0 Å². The summed E-state index contributed by atoms with van der Waals surface area (Å²) in [5.74, 6) is -7.48. The Balaban J connectivity index is 7.61. The Morgan fingerprint density at radius 1 is 0.433 bits per heavy atom. The summed E-state index contributed by atoms with van der Waals surface area (Å²) in [7, 11) is 5.59. The predicted molar refractivity (Wildman–Crippen MR) is 95.3 cm³/mol. The molecule has 0 fully saturated rings. The second kappa shape index (κ2) is 12.5. The fourth-order valence-corrected chi connectivity index (χ4v) is 1.94. The van der Waals surface area contributed by atoms with Crippen LogP contribution >= 0.6 is 0 Å². The van der Waals surface area contributed by atoms with Gasteiger partial charge in [-0.05, 0) is 0 Å². The molecule has 0 aliphatic heterocycles. The second-order valence-corrected chi connectivity index (χ2v) is 4.88. The number of methoxy groups -OCH3 is 6. The Morgan fingerprint density at radius 2 is 0.700 bits per heavy atom. The molecule has 12 nitrogen and oxygen atoms in total. The van der Waals surface area contributed by atoms with Crippen LogP contribution in [0.2, 0.25) is 0 Å². The standard InChI is InChI=1S/C18H20O12/c1-25-11(19)7-9(15(21)27-3)13(17(23)29-5)14(18(24)30-6)10(16(22)28-4)8-12(20)26-2/h7-8H,1-6H3/b9-7-,10-8-,14-13-. The summed E-state index contributed by atoms with van der Waals surface area (Å²) < 4.78 is 27.0. The third kappa shape index (κ3) is 6.58. The Labute approximate surface area is 171 Å². The topological polar surface area (TPSA) is 158 Å². The van der Waals surface area contributed by atoms with E-state index in [1.165, 1.54) is 0 Å². The summed E-state index contributed by atoms with van der Waals surface area (Å²) in [6.45, 7) is 0. The lowest BCUT2D eigenvalue weighted by Gasteiger charge is -2.15. The van der Waals surface area contributed by atoms with Crippen LogP contribution in [0.25, 0.3) is 0 Å². The average Bonchev–Trinajstić information content (AvgIpc) is 2.77. The molecule has 0 saturated carbocycles. The average molecular weight is 428 g/mol. The van der Waals surface area contributed by atoms with Gasteiger partial charge in [0.25, 0.3) is 0 Å². The second-order valence-electron chi connectivity index (χ2n) is 4.88. The number of hydrogen-bond acceptors (Lipinski definition) is 12. The molecule has 0 aromatic rings. The quantitative estimate of drug-likeness (QED) is 0.205. The van der Waals surface area contributed by atoms with Crippen molar-refractivity contribution in [1.29, 1.82) is 0 Å². The Bertz CT molecular complexity index is 760. The highest BCUT2D eigenvalue weighted by atomic mass is 16.5. The van der Waals surface area contributed by atoms with Crippen LogP contribution in [0, 0.1) is 0 Å². The molecule has 0 heterocycles. The lowest BCUT2D eigenvalue weighted by molar-refractivity contribution is -0.142. The van der Waals surface area contributed by atoms with Gasteiger partial charge in [0, 0.05) is 12.2 Å². The molecular formula is C18H20O12. The maximum absolute atomic E-state index is 12.5. The van der Waals surface area contributed by atoms with Gasteiger partial charge < -0.3 is 28.4 Å². The van der Waals surface area contributed by atoms with Crippen LogP contribution in [0.4, 0.5) is 0 Å². The molecule has 0 aliphatic rings. The molecular weight excluding hydrogens is 408 g/mol. The largest absolute Gasteiger partial charge is 0.466 e. The maximum Gasteiger partial charge on any atom is 0.339 e. The monoisotopic (exact) mass is 428 g/mol. The van der Waals surface area contributed by atoms with Gasteiger partial charge in [-0.1, -0.05) is 0 Å². The minimum atomic E-state index is -1.35. The highest BCUT2D eigenvalue weighted by molar-refractivity contribution is 6.19. The smallest absolute Gasteiger partial charge is 0.339 e. The lowest BCUT2D eigenvalue weighted by atomic mass is 9.93. The van der Waals surface area contributed by atoms with Gasteiger partial charge in [-0.15, -0.1) is 0 Å². The number of hydrogen-bond donors (Lipinski definition) is 0. The van der Waals surface area contributed by atoms with Crippen molar-refractivity contribution in [1.82, 2.24) is 0 Å². The first-order chi connectivity index (χ1) is 14.1. The van der Waals surface area contributed by atoms with Gasteiger partial charge in [-0.3, -0.25) is 0 Å². The van der Waals surface area contributed by atoms with Crippen LogP contribution in [-0.2, 0) is 57.2 Å². The molecule has 164 valence electrons. The van der Waals surface area contributed by atoms with E-state index in [0.29, 0.717) is 12.2 Å². The van der Waals surface area contributed by atoms with E-state index in [2.05, 4.69) is 28.4 Å². The van der Waals surface area contributed by atoms with Crippen molar-refractivity contribution in [2.45, 2.75) is 0 Å². The summed E-state index contributed by atoms with van der Waals surface area (Å²) in [5, 5.41) is 0. The number of esters is 6. The first-order valence-electron chi connectivity index (χ1n) is 7.80. The van der Waals surface area contributed by atoms with E-state index in [1.54, 1.807) is 0 Å². The van der Waals surface area contributed by atoms with E-state index in [1.807, 2.05) is 0 Å². The highest BCUT2D eigenvalue weighted by Crippen LogP contribution is 2.26. The Kier molecular flexibility index (Phi) is 10.8. The van der Waals surface area contributed by atoms with Crippen molar-refractivity contribution >= 4 is 35.8 Å². The number of ether oxygens (including phenoxy) is 6. The van der Waals surface area contributed by atoms with Crippen molar-refractivity contribution in [2.24, 2.45) is 0 Å². The fraction of sp³-hybridized carbons (Fsp3) is 0.333. The van der Waals surface area contributed by atoms with Crippen LogP contribution in [0.5, 0.6) is 0 Å². The molecule has 0 N–H and O–H groups in total. The molecule has 0 bridgehead atoms. The van der Waals surface area contributed by atoms with Crippen molar-refractivity contribution in [3.8, 4) is 0 Å². The number of rotatable bonds is 8. The summed E-state index contributed by atoms with van der Waals surface area (Å²) >= 11 is 0. The van der Waals surface area contributed by atoms with E-state index in [9.17, 15) is 28.8 Å². The molecule has 0 atom stereocenters. The third-order valence-electron chi connectivity index (χ3n) is 3.31. The van der Waals surface area contributed by atoms with Gasteiger partial charge in [0.15, 0.2) is 0 Å². The molecule has 0 aliphatic carbocycles. The molecule has 0 aromatic carbocycles. The zero-order valence-electron chi connectivity index (χ0n) is 17.1. The van der Waals surface area contributed by atoms with Gasteiger partial charge in [-0.25, -0.2) is 28.8 Å². The molecule has 0 unspecified atom stereocenters. The van der Waals surface area contributed by atoms with Gasteiger partial charge in [0.1, 0.15) is 0 Å². The number of carbonyl (C=O) groups is 6. The zero-order valence-corrected chi connectivity index (χ0v) is 17.1. The molecule has 0 saturated heterocycles. The van der Waals surface area contributed by atoms with Crippen LogP contribution in [0.15, 0.2) is 34.4 Å². The first-order valence-corrected chi connectivity index (χ1v) is 7.80. The van der Waals surface area contributed by atoms with E-state index in [4.69, 9.17) is 0 Å². The molecule has 0 amide bonds. The summed E-state index contributed by atoms with van der Waals surface area (Å²) in [6.07, 6.45) is 1.04. The van der Waals surface area contributed by atoms with E-state index in [0.717, 1.165) is 42.7 Å². The molecule has 12 heteroatoms. The van der Waals surface area contributed by atoms with E-state index >= 15 is 0 Å². The molecule has 0 aromatic heterocycles. The van der Waals surface area contributed by atoms with Crippen LogP contribution < -0.4 is 0 Å². The van der Waals surface area contributed by atoms with E-state index < -0.39 is 58.1 Å². The van der Waals surface area contributed by atoms with Gasteiger partial charge >= 0.3 is 35.8 Å². The van der Waals surface area contributed by atoms with Gasteiger partial charge in [-0.2, -0.15) is 0 Å². The van der Waals surface area contributed by atoms with Gasteiger partial charge in [0.2, 0.25) is 0 Å². The predicted octanol–water partition coefficient (Wildman–Crippen LogP) is -0.826. The minimum Gasteiger partial charge on any atom is -0.466 e. The van der Waals surface area contributed by atoms with Gasteiger partial charge in [0.05, 0.1) is 65.0 Å². The first kappa shape index (κ1) is 26.0. The lowest BCUT2D eigenvalue weighted by Crippen LogP contribution is -2.25. The third-order valence-corrected chi connectivity index (χ3v) is 3.31. The highest BCUT2D eigenvalue weighted by Gasteiger charge is 2.35. The number of carbonyl (C=O) groups excluding carboxylic acids is 6. The molecule has 30 heavy (non-hydrogen) atoms. The van der Waals surface area contributed by atoms with Crippen LogP contribution in [-0.4, -0.2) is 78.5 Å².